The molecule has 1 saturated carbocycles. The molecule has 2 amide bonds. The van der Waals surface area contributed by atoms with Crippen LogP contribution in [-0.4, -0.2) is 31.4 Å². The largest absolute Gasteiger partial charge is 0.465 e. The van der Waals surface area contributed by atoms with E-state index in [0.717, 1.165) is 12.8 Å². The Morgan fingerprint density at radius 1 is 1.00 bits per heavy atom. The lowest BCUT2D eigenvalue weighted by Crippen LogP contribution is -2.28. The Morgan fingerprint density at radius 2 is 1.75 bits per heavy atom. The zero-order valence-electron chi connectivity index (χ0n) is 15.8. The molecule has 2 unspecified atom stereocenters. The molecule has 28 heavy (non-hydrogen) atoms. The molecule has 0 saturated heterocycles. The summed E-state index contributed by atoms with van der Waals surface area (Å²) < 4.78 is 4.67. The summed E-state index contributed by atoms with van der Waals surface area (Å²) in [6, 6.07) is 16.7. The number of anilines is 1. The van der Waals surface area contributed by atoms with E-state index in [1.807, 2.05) is 18.2 Å². The van der Waals surface area contributed by atoms with E-state index in [1.54, 1.807) is 24.3 Å². The molecule has 0 spiro atoms. The van der Waals surface area contributed by atoms with E-state index in [0.29, 0.717) is 24.2 Å². The zero-order valence-corrected chi connectivity index (χ0v) is 15.8. The molecule has 0 aliphatic heterocycles. The van der Waals surface area contributed by atoms with Crippen LogP contribution >= 0.6 is 0 Å². The Morgan fingerprint density at radius 3 is 2.50 bits per heavy atom. The number of carbonyl (C=O) groups excluding carboxylic acids is 3. The number of nitrogens with one attached hydrogen (secondary N) is 2. The predicted molar refractivity (Wildman–Crippen MR) is 106 cm³/mol. The van der Waals surface area contributed by atoms with E-state index in [1.165, 1.54) is 12.7 Å². The van der Waals surface area contributed by atoms with E-state index in [9.17, 15) is 14.4 Å². The molecule has 3 rings (SSSR count). The molecule has 2 atom stereocenters. The van der Waals surface area contributed by atoms with E-state index in [-0.39, 0.29) is 23.7 Å². The average molecular weight is 380 g/mol. The lowest BCUT2D eigenvalue weighted by Gasteiger charge is -2.07. The average Bonchev–Trinajstić information content (AvgIpc) is 3.52. The quantitative estimate of drug-likeness (QED) is 0.545. The van der Waals surface area contributed by atoms with Crippen molar-refractivity contribution in [3.05, 3.63) is 65.7 Å². The summed E-state index contributed by atoms with van der Waals surface area (Å²) in [7, 11) is 1.31. The number of methoxy groups -OCH3 is 1. The number of benzene rings is 2. The van der Waals surface area contributed by atoms with Crippen molar-refractivity contribution in [1.82, 2.24) is 5.32 Å². The molecule has 0 bridgehead atoms. The fraction of sp³-hybridized carbons (Fsp3) is 0.318. The van der Waals surface area contributed by atoms with Crippen LogP contribution in [0, 0.1) is 11.8 Å². The van der Waals surface area contributed by atoms with Crippen LogP contribution in [0.4, 0.5) is 5.69 Å². The van der Waals surface area contributed by atoms with E-state index in [2.05, 4.69) is 27.5 Å². The summed E-state index contributed by atoms with van der Waals surface area (Å²) in [5.74, 6) is -1.34. The summed E-state index contributed by atoms with van der Waals surface area (Å²) in [5, 5.41) is 5.69. The normalized spacial score (nSPS) is 17.5. The number of hydrogen-bond acceptors (Lipinski definition) is 4. The summed E-state index contributed by atoms with van der Waals surface area (Å²) in [5.41, 5.74) is 2.13. The van der Waals surface area contributed by atoms with Crippen molar-refractivity contribution >= 4 is 23.5 Å². The zero-order chi connectivity index (χ0) is 19.9. The summed E-state index contributed by atoms with van der Waals surface area (Å²) >= 11 is 0. The molecule has 6 heteroatoms. The van der Waals surface area contributed by atoms with Gasteiger partial charge in [0, 0.05) is 12.2 Å². The van der Waals surface area contributed by atoms with E-state index in [4.69, 9.17) is 0 Å². The highest BCUT2D eigenvalue weighted by molar-refractivity contribution is 6.00. The number of rotatable bonds is 8. The molecule has 6 nitrogen and oxygen atoms in total. The standard InChI is InChI=1S/C22H24N2O4/c1-28-22(27)16-10-5-11-17(13-16)24-21(26)19-14-18(19)20(25)23-12-6-9-15-7-3-2-4-8-15/h2-5,7-8,10-11,13,18-19H,6,9,12,14H2,1H3,(H,23,25)(H,24,26). The maximum Gasteiger partial charge on any atom is 0.337 e. The molecule has 0 heterocycles. The van der Waals surface area contributed by atoms with Gasteiger partial charge in [0.15, 0.2) is 0 Å². The molecule has 146 valence electrons. The second-order valence-electron chi connectivity index (χ2n) is 6.89. The first-order chi connectivity index (χ1) is 13.6. The Hall–Kier alpha value is -3.15. The lowest BCUT2D eigenvalue weighted by atomic mass is 10.1. The van der Waals surface area contributed by atoms with Gasteiger partial charge in [0.1, 0.15) is 0 Å². The number of aryl methyl sites for hydroxylation is 1. The molecular weight excluding hydrogens is 356 g/mol. The van der Waals surface area contributed by atoms with Gasteiger partial charge in [-0.1, -0.05) is 36.4 Å². The highest BCUT2D eigenvalue weighted by Crippen LogP contribution is 2.39. The van der Waals surface area contributed by atoms with Gasteiger partial charge in [-0.15, -0.1) is 0 Å². The van der Waals surface area contributed by atoms with Crippen molar-refractivity contribution in [2.45, 2.75) is 19.3 Å². The second kappa shape index (κ2) is 9.17. The Kier molecular flexibility index (Phi) is 6.42. The number of carbonyl (C=O) groups is 3. The maximum atomic E-state index is 12.3. The summed E-state index contributed by atoms with van der Waals surface area (Å²) in [4.78, 5) is 36.1. The van der Waals surface area contributed by atoms with Gasteiger partial charge in [-0.3, -0.25) is 9.59 Å². The topological polar surface area (TPSA) is 84.5 Å². The van der Waals surface area contributed by atoms with Gasteiger partial charge in [-0.2, -0.15) is 0 Å². The first-order valence-corrected chi connectivity index (χ1v) is 9.39. The molecule has 1 fully saturated rings. The molecule has 0 aromatic heterocycles. The van der Waals surface area contributed by atoms with Gasteiger partial charge >= 0.3 is 5.97 Å². The third-order valence-corrected chi connectivity index (χ3v) is 4.80. The lowest BCUT2D eigenvalue weighted by molar-refractivity contribution is -0.125. The van der Waals surface area contributed by atoms with Crippen molar-refractivity contribution in [1.29, 1.82) is 0 Å². The van der Waals surface area contributed by atoms with E-state index >= 15 is 0 Å². The molecule has 2 N–H and O–H groups in total. The third kappa shape index (κ3) is 5.19. The van der Waals surface area contributed by atoms with Crippen LogP contribution < -0.4 is 10.6 Å². The maximum absolute atomic E-state index is 12.3. The molecule has 2 aromatic rings. The van der Waals surface area contributed by atoms with Crippen LogP contribution in [0.2, 0.25) is 0 Å². The van der Waals surface area contributed by atoms with Crippen LogP contribution in [0.15, 0.2) is 54.6 Å². The second-order valence-corrected chi connectivity index (χ2v) is 6.89. The van der Waals surface area contributed by atoms with Gasteiger partial charge in [0.25, 0.3) is 0 Å². The molecule has 1 aliphatic carbocycles. The Balaban J connectivity index is 1.41. The monoisotopic (exact) mass is 380 g/mol. The van der Waals surface area contributed by atoms with Gasteiger partial charge in [0.2, 0.25) is 11.8 Å². The molecular formula is C22H24N2O4. The first-order valence-electron chi connectivity index (χ1n) is 9.39. The van der Waals surface area contributed by atoms with Crippen LogP contribution in [0.3, 0.4) is 0 Å². The van der Waals surface area contributed by atoms with Gasteiger partial charge in [-0.05, 0) is 43.0 Å². The van der Waals surface area contributed by atoms with Crippen LogP contribution in [0.25, 0.3) is 0 Å². The Bertz CT molecular complexity index is 851. The summed E-state index contributed by atoms with van der Waals surface area (Å²) in [6.45, 7) is 0.597. The fourth-order valence-corrected chi connectivity index (χ4v) is 3.13. The number of esters is 1. The van der Waals surface area contributed by atoms with Gasteiger partial charge in [0.05, 0.1) is 24.5 Å². The third-order valence-electron chi connectivity index (χ3n) is 4.80. The van der Waals surface area contributed by atoms with Crippen LogP contribution in [0.5, 0.6) is 0 Å². The van der Waals surface area contributed by atoms with Crippen LogP contribution in [-0.2, 0) is 20.7 Å². The highest BCUT2D eigenvalue weighted by atomic mass is 16.5. The smallest absolute Gasteiger partial charge is 0.337 e. The minimum absolute atomic E-state index is 0.0727. The SMILES string of the molecule is COC(=O)c1cccc(NC(=O)C2CC2C(=O)NCCCc2ccccc2)c1. The summed E-state index contributed by atoms with van der Waals surface area (Å²) in [6.07, 6.45) is 2.32. The minimum Gasteiger partial charge on any atom is -0.465 e. The van der Waals surface area contributed by atoms with Crippen molar-refractivity contribution in [2.75, 3.05) is 19.0 Å². The predicted octanol–water partition coefficient (Wildman–Crippen LogP) is 2.80. The fourth-order valence-electron chi connectivity index (χ4n) is 3.13. The highest BCUT2D eigenvalue weighted by Gasteiger charge is 2.47. The van der Waals surface area contributed by atoms with Crippen molar-refractivity contribution in [2.24, 2.45) is 11.8 Å². The minimum atomic E-state index is -0.463. The Labute approximate surface area is 164 Å². The van der Waals surface area contributed by atoms with Gasteiger partial charge < -0.3 is 15.4 Å². The van der Waals surface area contributed by atoms with Crippen molar-refractivity contribution in [3.8, 4) is 0 Å². The van der Waals surface area contributed by atoms with Gasteiger partial charge in [-0.25, -0.2) is 4.79 Å². The molecule has 1 aliphatic rings. The number of ether oxygens (including phenoxy) is 1. The first kappa shape index (κ1) is 19.6. The van der Waals surface area contributed by atoms with Crippen LogP contribution in [0.1, 0.15) is 28.8 Å². The van der Waals surface area contributed by atoms with Crippen molar-refractivity contribution < 1.29 is 19.1 Å². The molecule has 2 aromatic carbocycles. The molecule has 0 radical (unpaired) electrons. The van der Waals surface area contributed by atoms with Crippen molar-refractivity contribution in [3.63, 3.8) is 0 Å². The number of amides is 2. The number of hydrogen-bond donors (Lipinski definition) is 2. The van der Waals surface area contributed by atoms with E-state index < -0.39 is 5.97 Å².